The van der Waals surface area contributed by atoms with Gasteiger partial charge in [0.25, 0.3) is 10.0 Å². The van der Waals surface area contributed by atoms with Gasteiger partial charge >= 0.3 is 0 Å². The lowest BCUT2D eigenvalue weighted by atomic mass is 9.94. The van der Waals surface area contributed by atoms with Gasteiger partial charge in [-0.05, 0) is 31.4 Å². The van der Waals surface area contributed by atoms with Gasteiger partial charge in [0.05, 0.1) is 6.20 Å². The number of hydrogen-bond acceptors (Lipinski definition) is 4. The molecule has 6 nitrogen and oxygen atoms in total. The van der Waals surface area contributed by atoms with Gasteiger partial charge in [-0.1, -0.05) is 0 Å². The summed E-state index contributed by atoms with van der Waals surface area (Å²) in [5.41, 5.74) is 0. The maximum Gasteiger partial charge on any atom is 0.260 e. The molecule has 94 valence electrons. The van der Waals surface area contributed by atoms with Crippen molar-refractivity contribution in [2.24, 2.45) is 5.92 Å². The first-order chi connectivity index (χ1) is 8.18. The minimum Gasteiger partial charge on any atom is -0.312 e. The van der Waals surface area contributed by atoms with Gasteiger partial charge in [-0.3, -0.25) is 5.10 Å². The van der Waals surface area contributed by atoms with E-state index < -0.39 is 10.0 Å². The number of aromatic amines is 1. The maximum atomic E-state index is 12.3. The molecule has 17 heavy (non-hydrogen) atoms. The molecule has 0 spiro atoms. The molecular weight excluding hydrogens is 240 g/mol. The van der Waals surface area contributed by atoms with Crippen molar-refractivity contribution in [2.75, 3.05) is 19.6 Å². The third-order valence-electron chi connectivity index (χ3n) is 3.66. The first-order valence-electron chi connectivity index (χ1n) is 5.91. The zero-order valence-corrected chi connectivity index (χ0v) is 10.3. The van der Waals surface area contributed by atoms with Gasteiger partial charge in [0.15, 0.2) is 5.03 Å². The molecule has 2 saturated heterocycles. The Morgan fingerprint density at radius 2 is 2.29 bits per heavy atom. The van der Waals surface area contributed by atoms with E-state index >= 15 is 0 Å². The average Bonchev–Trinajstić information content (AvgIpc) is 2.98. The van der Waals surface area contributed by atoms with E-state index in [2.05, 4.69) is 15.5 Å². The quantitative estimate of drug-likeness (QED) is 0.767. The highest BCUT2D eigenvalue weighted by atomic mass is 32.2. The van der Waals surface area contributed by atoms with E-state index in [1.54, 1.807) is 4.31 Å². The highest BCUT2D eigenvalue weighted by Crippen LogP contribution is 2.28. The summed E-state index contributed by atoms with van der Waals surface area (Å²) in [7, 11) is -3.38. The summed E-state index contributed by atoms with van der Waals surface area (Å²) in [6.45, 7) is 2.20. The van der Waals surface area contributed by atoms with Crippen molar-refractivity contribution in [2.45, 2.75) is 23.9 Å². The molecule has 0 bridgehead atoms. The van der Waals surface area contributed by atoms with Crippen molar-refractivity contribution in [1.29, 1.82) is 0 Å². The van der Waals surface area contributed by atoms with E-state index in [1.807, 2.05) is 0 Å². The Kier molecular flexibility index (Phi) is 2.68. The van der Waals surface area contributed by atoms with Crippen LogP contribution in [0.3, 0.4) is 0 Å². The molecule has 1 aromatic heterocycles. The van der Waals surface area contributed by atoms with Crippen LogP contribution in [0, 0.1) is 5.92 Å². The summed E-state index contributed by atoms with van der Waals surface area (Å²) in [5.74, 6) is 0.460. The van der Waals surface area contributed by atoms with E-state index in [0.717, 1.165) is 19.4 Å². The molecule has 0 aromatic carbocycles. The summed E-state index contributed by atoms with van der Waals surface area (Å²) in [4.78, 5) is 0. The number of hydrogen-bond donors (Lipinski definition) is 2. The largest absolute Gasteiger partial charge is 0.312 e. The van der Waals surface area contributed by atoms with Crippen LogP contribution in [0.4, 0.5) is 0 Å². The number of nitrogens with zero attached hydrogens (tertiary/aromatic N) is 2. The monoisotopic (exact) mass is 256 g/mol. The lowest BCUT2D eigenvalue weighted by molar-refractivity contribution is 0.339. The summed E-state index contributed by atoms with van der Waals surface area (Å²) >= 11 is 0. The van der Waals surface area contributed by atoms with Gasteiger partial charge in [-0.2, -0.15) is 9.40 Å². The fraction of sp³-hybridized carbons (Fsp3) is 0.700. The SMILES string of the molecule is O=S(=O)(c1ccn[nH]1)N1C[C@@H]2CCCN[C@@H]2C1. The molecule has 0 unspecified atom stereocenters. The predicted molar refractivity (Wildman–Crippen MR) is 61.9 cm³/mol. The highest BCUT2D eigenvalue weighted by Gasteiger charge is 2.40. The Morgan fingerprint density at radius 1 is 1.41 bits per heavy atom. The summed E-state index contributed by atoms with van der Waals surface area (Å²) in [6, 6.07) is 1.83. The molecule has 0 aliphatic carbocycles. The van der Waals surface area contributed by atoms with Crippen LogP contribution in [-0.4, -0.2) is 48.6 Å². The van der Waals surface area contributed by atoms with Gasteiger partial charge < -0.3 is 5.32 Å². The van der Waals surface area contributed by atoms with Gasteiger partial charge in [-0.15, -0.1) is 0 Å². The summed E-state index contributed by atoms with van der Waals surface area (Å²) in [5, 5.41) is 9.83. The average molecular weight is 256 g/mol. The molecule has 2 N–H and O–H groups in total. The molecule has 0 radical (unpaired) electrons. The minimum atomic E-state index is -3.38. The third-order valence-corrected chi connectivity index (χ3v) is 5.42. The first kappa shape index (κ1) is 11.2. The fourth-order valence-electron chi connectivity index (χ4n) is 2.73. The first-order valence-corrected chi connectivity index (χ1v) is 7.35. The number of aromatic nitrogens is 2. The van der Waals surface area contributed by atoms with E-state index in [9.17, 15) is 8.42 Å². The smallest absolute Gasteiger partial charge is 0.260 e. The second-order valence-electron chi connectivity index (χ2n) is 4.71. The number of fused-ring (bicyclic) bond motifs is 1. The molecule has 3 heterocycles. The molecule has 0 saturated carbocycles. The molecule has 7 heteroatoms. The third kappa shape index (κ3) is 1.88. The molecule has 3 rings (SSSR count). The summed E-state index contributed by atoms with van der Waals surface area (Å²) in [6.07, 6.45) is 3.72. The van der Waals surface area contributed by atoms with E-state index in [1.165, 1.54) is 12.3 Å². The maximum absolute atomic E-state index is 12.3. The van der Waals surface area contributed by atoms with Crippen molar-refractivity contribution in [3.05, 3.63) is 12.3 Å². The van der Waals surface area contributed by atoms with E-state index in [4.69, 9.17) is 0 Å². The molecule has 2 aliphatic heterocycles. The molecule has 2 atom stereocenters. The number of sulfonamides is 1. The molecule has 2 aliphatic rings. The van der Waals surface area contributed by atoms with Crippen LogP contribution in [-0.2, 0) is 10.0 Å². The van der Waals surface area contributed by atoms with Crippen LogP contribution in [0.25, 0.3) is 0 Å². The second kappa shape index (κ2) is 4.08. The fourth-order valence-corrected chi connectivity index (χ4v) is 4.15. The van der Waals surface area contributed by atoms with Crippen molar-refractivity contribution in [1.82, 2.24) is 19.8 Å². The van der Waals surface area contributed by atoms with E-state index in [0.29, 0.717) is 25.0 Å². The molecular formula is C10H16N4O2S. The van der Waals surface area contributed by atoms with Crippen LogP contribution in [0.2, 0.25) is 0 Å². The molecule has 1 aromatic rings. The van der Waals surface area contributed by atoms with Crippen LogP contribution >= 0.6 is 0 Å². The van der Waals surface area contributed by atoms with Crippen molar-refractivity contribution in [3.63, 3.8) is 0 Å². The lowest BCUT2D eigenvalue weighted by Gasteiger charge is -2.24. The van der Waals surface area contributed by atoms with Crippen molar-refractivity contribution >= 4 is 10.0 Å². The van der Waals surface area contributed by atoms with Crippen LogP contribution in [0.15, 0.2) is 17.3 Å². The van der Waals surface area contributed by atoms with Crippen LogP contribution < -0.4 is 5.32 Å². The van der Waals surface area contributed by atoms with E-state index in [-0.39, 0.29) is 5.03 Å². The number of H-pyrrole nitrogens is 1. The Morgan fingerprint density at radius 3 is 3.00 bits per heavy atom. The number of rotatable bonds is 2. The van der Waals surface area contributed by atoms with Crippen LogP contribution in [0.5, 0.6) is 0 Å². The topological polar surface area (TPSA) is 78.1 Å². The Balaban J connectivity index is 1.82. The predicted octanol–water partition coefficient (Wildman–Crippen LogP) is -0.218. The van der Waals surface area contributed by atoms with Gasteiger partial charge in [0.1, 0.15) is 0 Å². The number of piperidine rings is 1. The zero-order valence-electron chi connectivity index (χ0n) is 9.46. The van der Waals surface area contributed by atoms with Crippen molar-refractivity contribution < 1.29 is 8.42 Å². The normalized spacial score (nSPS) is 30.4. The van der Waals surface area contributed by atoms with Crippen LogP contribution in [0.1, 0.15) is 12.8 Å². The van der Waals surface area contributed by atoms with Gasteiger partial charge in [0.2, 0.25) is 0 Å². The standard InChI is InChI=1S/C10H16N4O2S/c15-17(16,10-3-5-12-13-10)14-6-8-2-1-4-11-9(8)7-14/h3,5,8-9,11H,1-2,4,6-7H2,(H,12,13)/t8-,9+/m0/s1. The lowest BCUT2D eigenvalue weighted by Crippen LogP contribution is -2.41. The Labute approximate surface area is 100 Å². The zero-order chi connectivity index (χ0) is 11.9. The highest BCUT2D eigenvalue weighted by molar-refractivity contribution is 7.89. The van der Waals surface area contributed by atoms with Gasteiger partial charge in [-0.25, -0.2) is 8.42 Å². The Bertz CT molecular complexity index is 470. The molecule has 0 amide bonds. The number of nitrogens with one attached hydrogen (secondary N) is 2. The van der Waals surface area contributed by atoms with Gasteiger partial charge in [0, 0.05) is 19.1 Å². The minimum absolute atomic E-state index is 0.191. The Hall–Kier alpha value is -0.920. The summed E-state index contributed by atoms with van der Waals surface area (Å²) < 4.78 is 26.1. The second-order valence-corrected chi connectivity index (χ2v) is 6.61. The van der Waals surface area contributed by atoms with Crippen molar-refractivity contribution in [3.8, 4) is 0 Å². The molecule has 2 fully saturated rings.